The third kappa shape index (κ3) is 2.67. The van der Waals surface area contributed by atoms with E-state index in [4.69, 9.17) is 0 Å². The van der Waals surface area contributed by atoms with Crippen LogP contribution in [0.25, 0.3) is 0 Å². The van der Waals surface area contributed by atoms with Gasteiger partial charge < -0.3 is 5.11 Å². The summed E-state index contributed by atoms with van der Waals surface area (Å²) >= 11 is 0. The molecule has 15 heavy (non-hydrogen) atoms. The number of hydrogen-bond donors (Lipinski definition) is 1. The van der Waals surface area contributed by atoms with Gasteiger partial charge in [-0.25, -0.2) is 0 Å². The Labute approximate surface area is 90.8 Å². The molecule has 1 aliphatic heterocycles. The van der Waals surface area contributed by atoms with E-state index in [-0.39, 0.29) is 6.10 Å². The van der Waals surface area contributed by atoms with Crippen molar-refractivity contribution in [2.24, 2.45) is 0 Å². The van der Waals surface area contributed by atoms with Gasteiger partial charge in [0.1, 0.15) is 0 Å². The van der Waals surface area contributed by atoms with Crippen molar-refractivity contribution in [2.75, 3.05) is 6.54 Å². The Morgan fingerprint density at radius 2 is 2.00 bits per heavy atom. The molecule has 0 saturated carbocycles. The molecule has 0 fully saturated rings. The van der Waals surface area contributed by atoms with Crippen molar-refractivity contribution in [3.05, 3.63) is 48.0 Å². The first kappa shape index (κ1) is 10.4. The average Bonchev–Trinajstić information content (AvgIpc) is 2.25. The largest absolute Gasteiger partial charge is 0.388 e. The fourth-order valence-corrected chi connectivity index (χ4v) is 1.90. The predicted octanol–water partition coefficient (Wildman–Crippen LogP) is 1.81. The first-order chi connectivity index (χ1) is 7.25. The molecule has 2 rings (SSSR count). The normalized spacial score (nSPS) is 26.8. The van der Waals surface area contributed by atoms with Crippen molar-refractivity contribution in [2.45, 2.75) is 25.6 Å². The summed E-state index contributed by atoms with van der Waals surface area (Å²) in [5.74, 6) is 0. The lowest BCUT2D eigenvalue weighted by atomic mass is 10.1. The first-order valence-corrected chi connectivity index (χ1v) is 5.40. The molecule has 0 amide bonds. The predicted molar refractivity (Wildman–Crippen MR) is 61.5 cm³/mol. The van der Waals surface area contributed by atoms with Crippen LogP contribution in [-0.2, 0) is 6.54 Å². The molecular weight excluding hydrogens is 186 g/mol. The minimum absolute atomic E-state index is 0.315. The van der Waals surface area contributed by atoms with Crippen molar-refractivity contribution >= 4 is 0 Å². The van der Waals surface area contributed by atoms with Gasteiger partial charge in [-0.15, -0.1) is 0 Å². The Hall–Kier alpha value is -1.12. The van der Waals surface area contributed by atoms with Crippen LogP contribution in [0.1, 0.15) is 12.5 Å². The van der Waals surface area contributed by atoms with E-state index in [0.717, 1.165) is 13.1 Å². The second kappa shape index (κ2) is 4.60. The number of rotatable bonds is 2. The molecule has 2 heteroatoms. The van der Waals surface area contributed by atoms with E-state index < -0.39 is 0 Å². The van der Waals surface area contributed by atoms with Crippen molar-refractivity contribution in [3.8, 4) is 0 Å². The summed E-state index contributed by atoms with van der Waals surface area (Å²) in [6.45, 7) is 3.79. The van der Waals surface area contributed by atoms with Crippen molar-refractivity contribution < 1.29 is 5.11 Å². The maximum Gasteiger partial charge on any atom is 0.0848 e. The smallest absolute Gasteiger partial charge is 0.0848 e. The van der Waals surface area contributed by atoms with E-state index in [2.05, 4.69) is 42.2 Å². The second-order valence-electron chi connectivity index (χ2n) is 4.11. The molecule has 1 heterocycles. The van der Waals surface area contributed by atoms with Gasteiger partial charge in [0, 0.05) is 19.1 Å². The molecule has 0 spiro atoms. The van der Waals surface area contributed by atoms with E-state index >= 15 is 0 Å². The van der Waals surface area contributed by atoms with Crippen LogP contribution in [-0.4, -0.2) is 28.7 Å². The Bertz CT molecular complexity index is 334. The van der Waals surface area contributed by atoms with E-state index in [1.165, 1.54) is 5.56 Å². The first-order valence-electron chi connectivity index (χ1n) is 5.40. The summed E-state index contributed by atoms with van der Waals surface area (Å²) < 4.78 is 0. The van der Waals surface area contributed by atoms with Gasteiger partial charge in [0.2, 0.25) is 0 Å². The van der Waals surface area contributed by atoms with E-state index in [9.17, 15) is 5.11 Å². The lowest BCUT2D eigenvalue weighted by Crippen LogP contribution is -2.40. The maximum absolute atomic E-state index is 9.55. The van der Waals surface area contributed by atoms with Crippen LogP contribution in [0, 0.1) is 0 Å². The summed E-state index contributed by atoms with van der Waals surface area (Å²) in [7, 11) is 0. The van der Waals surface area contributed by atoms with Crippen LogP contribution in [0.4, 0.5) is 0 Å². The van der Waals surface area contributed by atoms with E-state index in [1.54, 1.807) is 0 Å². The molecule has 2 nitrogen and oxygen atoms in total. The van der Waals surface area contributed by atoms with Gasteiger partial charge in [0.05, 0.1) is 6.10 Å². The molecule has 1 N–H and O–H groups in total. The van der Waals surface area contributed by atoms with Gasteiger partial charge in [-0.1, -0.05) is 42.5 Å². The quantitative estimate of drug-likeness (QED) is 0.741. The van der Waals surface area contributed by atoms with Gasteiger partial charge in [-0.2, -0.15) is 0 Å². The monoisotopic (exact) mass is 203 g/mol. The highest BCUT2D eigenvalue weighted by atomic mass is 16.3. The average molecular weight is 203 g/mol. The molecule has 2 atom stereocenters. The number of aliphatic hydroxyl groups excluding tert-OH is 1. The highest BCUT2D eigenvalue weighted by Crippen LogP contribution is 2.14. The number of nitrogens with zero attached hydrogens (tertiary/aromatic N) is 1. The van der Waals surface area contributed by atoms with Crippen LogP contribution < -0.4 is 0 Å². The fourth-order valence-electron chi connectivity index (χ4n) is 1.90. The Balaban J connectivity index is 2.03. The number of benzene rings is 1. The molecule has 2 unspecified atom stereocenters. The van der Waals surface area contributed by atoms with Gasteiger partial charge in [-0.05, 0) is 12.5 Å². The summed E-state index contributed by atoms with van der Waals surface area (Å²) in [6.07, 6.45) is 3.63. The van der Waals surface area contributed by atoms with Gasteiger partial charge >= 0.3 is 0 Å². The van der Waals surface area contributed by atoms with Crippen molar-refractivity contribution in [3.63, 3.8) is 0 Å². The molecule has 1 aromatic carbocycles. The van der Waals surface area contributed by atoms with Gasteiger partial charge in [-0.3, -0.25) is 4.90 Å². The molecule has 1 aliphatic rings. The van der Waals surface area contributed by atoms with Gasteiger partial charge in [0.15, 0.2) is 0 Å². The molecule has 0 radical (unpaired) electrons. The zero-order chi connectivity index (χ0) is 10.7. The summed E-state index contributed by atoms with van der Waals surface area (Å²) in [5.41, 5.74) is 1.30. The molecule has 0 aliphatic carbocycles. The molecule has 80 valence electrons. The minimum Gasteiger partial charge on any atom is -0.388 e. The zero-order valence-corrected chi connectivity index (χ0v) is 9.00. The maximum atomic E-state index is 9.55. The zero-order valence-electron chi connectivity index (χ0n) is 9.00. The molecular formula is C13H17NO. The van der Waals surface area contributed by atoms with Crippen LogP contribution >= 0.6 is 0 Å². The van der Waals surface area contributed by atoms with E-state index in [1.807, 2.05) is 12.1 Å². The molecule has 0 saturated heterocycles. The SMILES string of the molecule is CC1C=CC(O)CN1Cc1ccccc1. The summed E-state index contributed by atoms with van der Waals surface area (Å²) in [4.78, 5) is 2.28. The summed E-state index contributed by atoms with van der Waals surface area (Å²) in [5, 5.41) is 9.55. The standard InChI is InChI=1S/C13H17NO/c1-11-7-8-13(15)10-14(11)9-12-5-3-2-4-6-12/h2-8,11,13,15H,9-10H2,1H3. The molecule has 0 bridgehead atoms. The number of β-amino-alcohol motifs (C(OH)–C–C–N with tert-alkyl or cyclic N) is 1. The number of aliphatic hydroxyl groups is 1. The minimum atomic E-state index is -0.315. The van der Waals surface area contributed by atoms with Crippen LogP contribution in [0.3, 0.4) is 0 Å². The van der Waals surface area contributed by atoms with Crippen LogP contribution in [0.5, 0.6) is 0 Å². The third-order valence-corrected chi connectivity index (χ3v) is 2.84. The topological polar surface area (TPSA) is 23.5 Å². The Kier molecular flexibility index (Phi) is 3.19. The Morgan fingerprint density at radius 1 is 1.27 bits per heavy atom. The third-order valence-electron chi connectivity index (χ3n) is 2.84. The summed E-state index contributed by atoms with van der Waals surface area (Å²) in [6, 6.07) is 10.8. The fraction of sp³-hybridized carbons (Fsp3) is 0.385. The second-order valence-corrected chi connectivity index (χ2v) is 4.11. The molecule has 1 aromatic rings. The lowest BCUT2D eigenvalue weighted by Gasteiger charge is -2.32. The number of hydrogen-bond acceptors (Lipinski definition) is 2. The van der Waals surface area contributed by atoms with Gasteiger partial charge in [0.25, 0.3) is 0 Å². The highest BCUT2D eigenvalue weighted by Gasteiger charge is 2.18. The molecule has 0 aromatic heterocycles. The van der Waals surface area contributed by atoms with E-state index in [0.29, 0.717) is 6.04 Å². The van der Waals surface area contributed by atoms with Crippen molar-refractivity contribution in [1.82, 2.24) is 4.90 Å². The van der Waals surface area contributed by atoms with Crippen molar-refractivity contribution in [1.29, 1.82) is 0 Å². The van der Waals surface area contributed by atoms with Crippen LogP contribution in [0.15, 0.2) is 42.5 Å². The lowest BCUT2D eigenvalue weighted by molar-refractivity contribution is 0.114. The highest BCUT2D eigenvalue weighted by molar-refractivity contribution is 5.15. The Morgan fingerprint density at radius 3 is 2.73 bits per heavy atom. The van der Waals surface area contributed by atoms with Crippen LogP contribution in [0.2, 0.25) is 0 Å².